The van der Waals surface area contributed by atoms with Crippen LogP contribution in [-0.2, 0) is 6.54 Å². The summed E-state index contributed by atoms with van der Waals surface area (Å²) >= 11 is 0. The number of fused-ring (bicyclic) bond motifs is 1. The van der Waals surface area contributed by atoms with Crippen molar-refractivity contribution in [2.24, 2.45) is 11.8 Å². The van der Waals surface area contributed by atoms with E-state index in [1.54, 1.807) is 0 Å². The Bertz CT molecular complexity index is 389. The summed E-state index contributed by atoms with van der Waals surface area (Å²) in [5, 5.41) is 0. The predicted octanol–water partition coefficient (Wildman–Crippen LogP) is 2.13. The van der Waals surface area contributed by atoms with Crippen LogP contribution in [0.1, 0.15) is 37.7 Å². The molecule has 1 saturated heterocycles. The molecule has 0 aromatic carbocycles. The number of anilines is 1. The van der Waals surface area contributed by atoms with Crippen molar-refractivity contribution in [1.82, 2.24) is 9.88 Å². The van der Waals surface area contributed by atoms with Crippen molar-refractivity contribution in [2.45, 2.75) is 44.7 Å². The third-order valence-corrected chi connectivity index (χ3v) is 4.48. The van der Waals surface area contributed by atoms with Gasteiger partial charge in [0.05, 0.1) is 0 Å². The first-order valence-electron chi connectivity index (χ1n) is 7.02. The highest BCUT2D eigenvalue weighted by atomic mass is 15.2. The van der Waals surface area contributed by atoms with Gasteiger partial charge >= 0.3 is 0 Å². The van der Waals surface area contributed by atoms with Gasteiger partial charge in [0, 0.05) is 18.8 Å². The summed E-state index contributed by atoms with van der Waals surface area (Å²) in [7, 11) is 0. The van der Waals surface area contributed by atoms with Crippen LogP contribution < -0.4 is 11.3 Å². The van der Waals surface area contributed by atoms with Crippen molar-refractivity contribution in [3.63, 3.8) is 0 Å². The topological polar surface area (TPSA) is 54.2 Å². The molecule has 2 aliphatic rings. The third-order valence-electron chi connectivity index (χ3n) is 4.48. The zero-order chi connectivity index (χ0) is 12.4. The zero-order valence-corrected chi connectivity index (χ0v) is 10.8. The van der Waals surface area contributed by atoms with Gasteiger partial charge in [-0.05, 0) is 43.4 Å². The molecule has 18 heavy (non-hydrogen) atoms. The number of hydrogen-bond donors (Lipinski definition) is 2. The number of nitrogens with one attached hydrogen (secondary N) is 1. The van der Waals surface area contributed by atoms with E-state index >= 15 is 0 Å². The highest BCUT2D eigenvalue weighted by molar-refractivity contribution is 5.33. The molecule has 3 N–H and O–H groups in total. The second-order valence-electron chi connectivity index (χ2n) is 5.57. The van der Waals surface area contributed by atoms with Gasteiger partial charge in [0.2, 0.25) is 0 Å². The molecule has 1 aromatic rings. The highest BCUT2D eigenvalue weighted by Crippen LogP contribution is 2.36. The Balaban J connectivity index is 1.65. The number of nitrogens with zero attached hydrogens (tertiary/aromatic N) is 2. The van der Waals surface area contributed by atoms with Crippen LogP contribution in [-0.4, -0.2) is 22.5 Å². The van der Waals surface area contributed by atoms with Gasteiger partial charge in [-0.1, -0.05) is 18.9 Å². The van der Waals surface area contributed by atoms with Crippen LogP contribution in [0.2, 0.25) is 0 Å². The SMILES string of the molecule is NNc1ccc(CN2CCC3CCCCC32)cn1. The maximum atomic E-state index is 5.33. The number of likely N-dealkylation sites (tertiary alicyclic amines) is 1. The Morgan fingerprint density at radius 2 is 2.17 bits per heavy atom. The zero-order valence-electron chi connectivity index (χ0n) is 10.8. The van der Waals surface area contributed by atoms with Gasteiger partial charge in [-0.25, -0.2) is 10.8 Å². The number of aromatic nitrogens is 1. The van der Waals surface area contributed by atoms with Gasteiger partial charge < -0.3 is 5.43 Å². The van der Waals surface area contributed by atoms with E-state index in [2.05, 4.69) is 21.4 Å². The lowest BCUT2D eigenvalue weighted by Gasteiger charge is -2.31. The van der Waals surface area contributed by atoms with E-state index in [9.17, 15) is 0 Å². The van der Waals surface area contributed by atoms with E-state index in [0.717, 1.165) is 24.3 Å². The van der Waals surface area contributed by atoms with E-state index in [-0.39, 0.29) is 0 Å². The molecule has 2 fully saturated rings. The van der Waals surface area contributed by atoms with Crippen molar-refractivity contribution < 1.29 is 0 Å². The maximum absolute atomic E-state index is 5.33. The quantitative estimate of drug-likeness (QED) is 0.633. The molecule has 1 aromatic heterocycles. The average molecular weight is 246 g/mol. The second-order valence-corrected chi connectivity index (χ2v) is 5.57. The average Bonchev–Trinajstić information content (AvgIpc) is 2.83. The summed E-state index contributed by atoms with van der Waals surface area (Å²) in [4.78, 5) is 6.93. The summed E-state index contributed by atoms with van der Waals surface area (Å²) in [6, 6.07) is 4.90. The van der Waals surface area contributed by atoms with Crippen molar-refractivity contribution in [1.29, 1.82) is 0 Å². The molecule has 0 bridgehead atoms. The Morgan fingerprint density at radius 1 is 1.28 bits per heavy atom. The van der Waals surface area contributed by atoms with E-state index in [4.69, 9.17) is 5.84 Å². The second kappa shape index (κ2) is 5.24. The highest BCUT2D eigenvalue weighted by Gasteiger charge is 2.35. The number of hydrazine groups is 1. The standard InChI is InChI=1S/C14H22N4/c15-17-14-6-5-11(9-16-14)10-18-8-7-12-3-1-2-4-13(12)18/h5-6,9,12-13H,1-4,7-8,10,15H2,(H,16,17). The lowest BCUT2D eigenvalue weighted by molar-refractivity contribution is 0.176. The predicted molar refractivity (Wildman–Crippen MR) is 72.8 cm³/mol. The van der Waals surface area contributed by atoms with Gasteiger partial charge in [0.1, 0.15) is 5.82 Å². The molecule has 3 rings (SSSR count). The smallest absolute Gasteiger partial charge is 0.139 e. The molecule has 1 aliphatic heterocycles. The van der Waals surface area contributed by atoms with Gasteiger partial charge in [-0.3, -0.25) is 4.90 Å². The van der Waals surface area contributed by atoms with Gasteiger partial charge in [-0.15, -0.1) is 0 Å². The molecule has 2 heterocycles. The van der Waals surface area contributed by atoms with Crippen LogP contribution in [0.3, 0.4) is 0 Å². The Kier molecular flexibility index (Phi) is 3.48. The van der Waals surface area contributed by atoms with Crippen molar-refractivity contribution in [3.8, 4) is 0 Å². The molecule has 1 saturated carbocycles. The van der Waals surface area contributed by atoms with Gasteiger partial charge in [0.15, 0.2) is 0 Å². The molecule has 0 radical (unpaired) electrons. The minimum absolute atomic E-state index is 0.732. The van der Waals surface area contributed by atoms with Crippen LogP contribution >= 0.6 is 0 Å². The Labute approximate surface area is 109 Å². The first-order chi connectivity index (χ1) is 8.86. The molecule has 0 amide bonds. The number of nitrogens with two attached hydrogens (primary N) is 1. The normalized spacial score (nSPS) is 28.1. The molecular formula is C14H22N4. The van der Waals surface area contributed by atoms with E-state index < -0.39 is 0 Å². The first kappa shape index (κ1) is 11.9. The molecular weight excluding hydrogens is 224 g/mol. The molecule has 4 nitrogen and oxygen atoms in total. The number of hydrogen-bond acceptors (Lipinski definition) is 4. The molecule has 2 unspecified atom stereocenters. The summed E-state index contributed by atoms with van der Waals surface area (Å²) in [6.45, 7) is 2.30. The maximum Gasteiger partial charge on any atom is 0.139 e. The lowest BCUT2D eigenvalue weighted by atomic mass is 9.85. The Hall–Kier alpha value is -1.13. The molecule has 4 heteroatoms. The molecule has 1 aliphatic carbocycles. The molecule has 0 spiro atoms. The largest absolute Gasteiger partial charge is 0.308 e. The summed E-state index contributed by atoms with van der Waals surface area (Å²) < 4.78 is 0. The van der Waals surface area contributed by atoms with Crippen molar-refractivity contribution in [3.05, 3.63) is 23.9 Å². The molecule has 98 valence electrons. The first-order valence-corrected chi connectivity index (χ1v) is 7.02. The van der Waals surface area contributed by atoms with Crippen LogP contribution in [0.5, 0.6) is 0 Å². The van der Waals surface area contributed by atoms with Crippen molar-refractivity contribution in [2.75, 3.05) is 12.0 Å². The van der Waals surface area contributed by atoms with E-state index in [1.165, 1.54) is 44.2 Å². The van der Waals surface area contributed by atoms with Gasteiger partial charge in [-0.2, -0.15) is 0 Å². The minimum atomic E-state index is 0.732. The molecule has 2 atom stereocenters. The fourth-order valence-corrected chi connectivity index (χ4v) is 3.54. The lowest BCUT2D eigenvalue weighted by Crippen LogP contribution is -2.34. The Morgan fingerprint density at radius 3 is 2.94 bits per heavy atom. The van der Waals surface area contributed by atoms with Crippen LogP contribution in [0.4, 0.5) is 5.82 Å². The van der Waals surface area contributed by atoms with Crippen molar-refractivity contribution >= 4 is 5.82 Å². The number of rotatable bonds is 3. The summed E-state index contributed by atoms with van der Waals surface area (Å²) in [5.74, 6) is 7.02. The summed E-state index contributed by atoms with van der Waals surface area (Å²) in [5.41, 5.74) is 3.86. The third kappa shape index (κ3) is 2.35. The fraction of sp³-hybridized carbons (Fsp3) is 0.643. The van der Waals surface area contributed by atoms with Crippen LogP contribution in [0.15, 0.2) is 18.3 Å². The van der Waals surface area contributed by atoms with E-state index in [1.807, 2.05) is 12.3 Å². The van der Waals surface area contributed by atoms with Crippen LogP contribution in [0, 0.1) is 5.92 Å². The van der Waals surface area contributed by atoms with Crippen LogP contribution in [0.25, 0.3) is 0 Å². The number of pyridine rings is 1. The number of nitrogen functional groups attached to an aromatic ring is 1. The minimum Gasteiger partial charge on any atom is -0.308 e. The fourth-order valence-electron chi connectivity index (χ4n) is 3.54. The summed E-state index contributed by atoms with van der Waals surface area (Å²) in [6.07, 6.45) is 9.00. The monoisotopic (exact) mass is 246 g/mol. The van der Waals surface area contributed by atoms with E-state index in [0.29, 0.717) is 0 Å². The van der Waals surface area contributed by atoms with Gasteiger partial charge in [0.25, 0.3) is 0 Å².